The number of hydrogen-bond acceptors (Lipinski definition) is 4. The van der Waals surface area contributed by atoms with Gasteiger partial charge in [-0.1, -0.05) is 0 Å². The van der Waals surface area contributed by atoms with Gasteiger partial charge in [0.05, 0.1) is 15.9 Å². The number of hydrazine groups is 1. The lowest BCUT2D eigenvalue weighted by molar-refractivity contribution is -0.289. The lowest BCUT2D eigenvalue weighted by Gasteiger charge is -2.33. The predicted molar refractivity (Wildman–Crippen MR) is 74.1 cm³/mol. The van der Waals surface area contributed by atoms with E-state index in [1.807, 2.05) is 0 Å². The van der Waals surface area contributed by atoms with Gasteiger partial charge in [0.25, 0.3) is 11.6 Å². The number of amides is 1. The maximum atomic E-state index is 13.1. The van der Waals surface area contributed by atoms with Crippen LogP contribution in [-0.2, 0) is 11.3 Å². The minimum absolute atomic E-state index is 0.0303. The normalized spacial score (nSPS) is 21.8. The van der Waals surface area contributed by atoms with E-state index >= 15 is 0 Å². The molecule has 0 aromatic carbocycles. The summed E-state index contributed by atoms with van der Waals surface area (Å²) in [4.78, 5) is 12.2. The maximum Gasteiger partial charge on any atom is 0.442 e. The molecule has 1 aliphatic heterocycles. The Hall–Kier alpha value is -1.55. The van der Waals surface area contributed by atoms with Gasteiger partial charge in [-0.3, -0.25) is 14.9 Å². The monoisotopic (exact) mass is 382 g/mol. The Bertz CT molecular complexity index is 656. The van der Waals surface area contributed by atoms with E-state index < -0.39 is 24.4 Å². The topological polar surface area (TPSA) is 70.4 Å². The van der Waals surface area contributed by atoms with Gasteiger partial charge in [0.2, 0.25) is 0 Å². The quantitative estimate of drug-likeness (QED) is 0.817. The molecule has 1 aromatic heterocycles. The van der Waals surface area contributed by atoms with E-state index in [0.29, 0.717) is 21.9 Å². The summed E-state index contributed by atoms with van der Waals surface area (Å²) < 4.78 is 41.1. The molecule has 1 aromatic rings. The van der Waals surface area contributed by atoms with Crippen molar-refractivity contribution in [2.45, 2.75) is 39.2 Å². The summed E-state index contributed by atoms with van der Waals surface area (Å²) in [5.41, 5.74) is 0.104. The molecule has 1 amide bonds. The second-order valence-electron chi connectivity index (χ2n) is 5.03. The third-order valence-corrected chi connectivity index (χ3v) is 4.44. The molecular formula is C12H14BrF3N4O2. The van der Waals surface area contributed by atoms with Gasteiger partial charge in [0, 0.05) is 5.70 Å². The predicted octanol–water partition coefficient (Wildman–Crippen LogP) is 1.76. The van der Waals surface area contributed by atoms with Gasteiger partial charge in [-0.2, -0.15) is 18.3 Å². The average molecular weight is 383 g/mol. The molecule has 0 fully saturated rings. The first-order valence-corrected chi connectivity index (χ1v) is 7.04. The summed E-state index contributed by atoms with van der Waals surface area (Å²) in [6.07, 6.45) is -4.47. The summed E-state index contributed by atoms with van der Waals surface area (Å²) in [6, 6.07) is 0. The fourth-order valence-corrected chi connectivity index (χ4v) is 2.43. The molecule has 10 heteroatoms. The molecule has 2 rings (SSSR count). The Labute approximate surface area is 132 Å². The standard InChI is InChI=1S/C12H14BrF3N4O2/c1-6-4-11(22,12(14,15)16)20(17-6)9(21)5-19-8(3)10(13)7(2)18-19/h4,17,22H,5H2,1-3H3. The van der Waals surface area contributed by atoms with Crippen molar-refractivity contribution in [1.29, 1.82) is 0 Å². The Morgan fingerprint density at radius 3 is 2.50 bits per heavy atom. The molecular weight excluding hydrogens is 369 g/mol. The van der Waals surface area contributed by atoms with Gasteiger partial charge in [-0.15, -0.1) is 0 Å². The molecule has 1 unspecified atom stereocenters. The molecule has 22 heavy (non-hydrogen) atoms. The van der Waals surface area contributed by atoms with Gasteiger partial charge in [0.15, 0.2) is 0 Å². The van der Waals surface area contributed by atoms with Gasteiger partial charge < -0.3 is 5.11 Å². The number of rotatable bonds is 2. The molecule has 0 saturated carbocycles. The van der Waals surface area contributed by atoms with Crippen molar-refractivity contribution in [3.8, 4) is 0 Å². The highest BCUT2D eigenvalue weighted by Gasteiger charge is 2.61. The SMILES string of the molecule is CC1=CC(O)(C(F)(F)F)N(C(=O)Cn2nc(C)c(Br)c2C)N1. The number of aryl methyl sites for hydroxylation is 1. The van der Waals surface area contributed by atoms with Crippen molar-refractivity contribution in [3.63, 3.8) is 0 Å². The van der Waals surface area contributed by atoms with E-state index in [2.05, 4.69) is 26.5 Å². The highest BCUT2D eigenvalue weighted by atomic mass is 79.9. The molecule has 6 nitrogen and oxygen atoms in total. The highest BCUT2D eigenvalue weighted by Crippen LogP contribution is 2.37. The minimum Gasteiger partial charge on any atom is -0.359 e. The zero-order chi connectivity index (χ0) is 16.9. The van der Waals surface area contributed by atoms with E-state index in [9.17, 15) is 23.1 Å². The van der Waals surface area contributed by atoms with Crippen LogP contribution in [0.3, 0.4) is 0 Å². The zero-order valence-corrected chi connectivity index (χ0v) is 13.6. The van der Waals surface area contributed by atoms with E-state index in [-0.39, 0.29) is 10.7 Å². The van der Waals surface area contributed by atoms with Crippen molar-refractivity contribution in [2.24, 2.45) is 0 Å². The number of hydrogen-bond donors (Lipinski definition) is 2. The van der Waals surface area contributed by atoms with Crippen LogP contribution in [0.25, 0.3) is 0 Å². The minimum atomic E-state index is -5.02. The Kier molecular flexibility index (Phi) is 4.03. The van der Waals surface area contributed by atoms with Crippen LogP contribution < -0.4 is 5.43 Å². The number of alkyl halides is 3. The van der Waals surface area contributed by atoms with Gasteiger partial charge in [-0.25, -0.2) is 5.01 Å². The molecule has 2 heterocycles. The number of nitrogens with one attached hydrogen (secondary N) is 1. The van der Waals surface area contributed by atoms with E-state index in [1.165, 1.54) is 11.6 Å². The third kappa shape index (κ3) is 2.60. The molecule has 0 radical (unpaired) electrons. The summed E-state index contributed by atoms with van der Waals surface area (Å²) >= 11 is 3.27. The molecule has 0 bridgehead atoms. The van der Waals surface area contributed by atoms with Crippen molar-refractivity contribution in [3.05, 3.63) is 27.6 Å². The van der Waals surface area contributed by atoms with Crippen LogP contribution in [0.1, 0.15) is 18.3 Å². The molecule has 0 aliphatic carbocycles. The number of nitrogens with zero attached hydrogens (tertiary/aromatic N) is 3. The summed E-state index contributed by atoms with van der Waals surface area (Å²) in [5, 5.41) is 14.1. The first-order valence-electron chi connectivity index (χ1n) is 6.25. The number of carbonyl (C=O) groups excluding carboxylic acids is 1. The summed E-state index contributed by atoms with van der Waals surface area (Å²) in [5.74, 6) is -0.967. The van der Waals surface area contributed by atoms with Crippen LogP contribution >= 0.6 is 15.9 Å². The first kappa shape index (κ1) is 16.8. The number of halogens is 4. The van der Waals surface area contributed by atoms with Crippen molar-refractivity contribution >= 4 is 21.8 Å². The summed E-state index contributed by atoms with van der Waals surface area (Å²) in [6.45, 7) is 4.26. The van der Waals surface area contributed by atoms with Crippen LogP contribution in [0.15, 0.2) is 16.2 Å². The molecule has 1 aliphatic rings. The van der Waals surface area contributed by atoms with Gasteiger partial charge in [0.1, 0.15) is 6.54 Å². The Morgan fingerprint density at radius 2 is 2.05 bits per heavy atom. The molecule has 2 N–H and O–H groups in total. The van der Waals surface area contributed by atoms with Gasteiger partial charge in [-0.05, 0) is 42.8 Å². The Balaban J connectivity index is 2.28. The number of aliphatic hydroxyl groups is 1. The average Bonchev–Trinajstić information content (AvgIpc) is 2.82. The second kappa shape index (κ2) is 5.27. The van der Waals surface area contributed by atoms with Crippen LogP contribution in [0.2, 0.25) is 0 Å². The largest absolute Gasteiger partial charge is 0.442 e. The van der Waals surface area contributed by atoms with Crippen molar-refractivity contribution in [2.75, 3.05) is 0 Å². The van der Waals surface area contributed by atoms with E-state index in [1.54, 1.807) is 13.8 Å². The smallest absolute Gasteiger partial charge is 0.359 e. The molecule has 0 spiro atoms. The number of allylic oxidation sites excluding steroid dienone is 1. The first-order chi connectivity index (χ1) is 9.97. The maximum absolute atomic E-state index is 13.1. The van der Waals surface area contributed by atoms with E-state index in [4.69, 9.17) is 0 Å². The van der Waals surface area contributed by atoms with Crippen LogP contribution in [0.5, 0.6) is 0 Å². The van der Waals surface area contributed by atoms with Crippen LogP contribution in [0.4, 0.5) is 13.2 Å². The molecule has 122 valence electrons. The fraction of sp³-hybridized carbons (Fsp3) is 0.500. The van der Waals surface area contributed by atoms with Gasteiger partial charge >= 0.3 is 6.18 Å². The third-order valence-electron chi connectivity index (χ3n) is 3.29. The number of aromatic nitrogens is 2. The number of carbonyl (C=O) groups is 1. The lowest BCUT2D eigenvalue weighted by atomic mass is 10.2. The Morgan fingerprint density at radius 1 is 1.45 bits per heavy atom. The van der Waals surface area contributed by atoms with Crippen LogP contribution in [0, 0.1) is 13.8 Å². The van der Waals surface area contributed by atoms with Crippen molar-refractivity contribution in [1.82, 2.24) is 20.2 Å². The van der Waals surface area contributed by atoms with Crippen LogP contribution in [-0.4, -0.2) is 37.7 Å². The lowest BCUT2D eigenvalue weighted by Crippen LogP contribution is -2.61. The van der Waals surface area contributed by atoms with E-state index in [0.717, 1.165) is 0 Å². The highest BCUT2D eigenvalue weighted by molar-refractivity contribution is 9.10. The zero-order valence-electron chi connectivity index (χ0n) is 12.0. The fourth-order valence-electron chi connectivity index (χ4n) is 2.15. The van der Waals surface area contributed by atoms with Crippen molar-refractivity contribution < 1.29 is 23.1 Å². The second-order valence-corrected chi connectivity index (χ2v) is 5.83. The molecule has 1 atom stereocenters. The molecule has 0 saturated heterocycles. The summed E-state index contributed by atoms with van der Waals surface area (Å²) in [7, 11) is 0.